The Labute approximate surface area is 260 Å². The third kappa shape index (κ3) is 3.26. The maximum atomic E-state index is 13.4. The minimum Gasteiger partial charge on any atom is -0.326 e. The zero-order valence-corrected chi connectivity index (χ0v) is 28.4. The molecule has 0 aliphatic heterocycles. The van der Waals surface area contributed by atoms with Gasteiger partial charge >= 0.3 is 0 Å². The van der Waals surface area contributed by atoms with Crippen molar-refractivity contribution < 1.29 is 18.0 Å². The fourth-order valence-corrected chi connectivity index (χ4v) is 13.9. The number of benzene rings is 2. The molecule has 0 spiro atoms. The molecule has 6 aliphatic rings. The normalized spacial score (nSPS) is 37.6. The minimum absolute atomic E-state index is 0.0223. The first kappa shape index (κ1) is 29.4. The van der Waals surface area contributed by atoms with Crippen LogP contribution in [0.15, 0.2) is 58.3 Å². The third-order valence-corrected chi connectivity index (χ3v) is 18.2. The lowest BCUT2D eigenvalue weighted by Gasteiger charge is -2.64. The first-order valence-corrected chi connectivity index (χ1v) is 17.6. The molecule has 2 aromatic carbocycles. The third-order valence-electron chi connectivity index (χ3n) is 12.8. The number of anilines is 2. The van der Waals surface area contributed by atoms with Crippen LogP contribution in [0.1, 0.15) is 67.2 Å². The van der Waals surface area contributed by atoms with E-state index in [0.717, 1.165) is 25.7 Å². The number of carbonyl (C=O) groups is 2. The molecule has 6 unspecified atom stereocenters. The van der Waals surface area contributed by atoms with E-state index in [1.165, 1.54) is 24.3 Å². The van der Waals surface area contributed by atoms with Crippen LogP contribution in [0.3, 0.4) is 0 Å². The van der Waals surface area contributed by atoms with Gasteiger partial charge in [-0.2, -0.15) is 0 Å². The molecule has 6 saturated carbocycles. The van der Waals surface area contributed by atoms with E-state index in [-0.39, 0.29) is 52.9 Å². The van der Waals surface area contributed by atoms with Crippen molar-refractivity contribution in [3.63, 3.8) is 0 Å². The van der Waals surface area contributed by atoms with E-state index in [2.05, 4.69) is 84.0 Å². The van der Waals surface area contributed by atoms with Crippen LogP contribution in [-0.2, 0) is 19.4 Å². The highest BCUT2D eigenvalue weighted by Gasteiger charge is 2.81. The summed E-state index contributed by atoms with van der Waals surface area (Å²) in [4.78, 5) is 27.4. The summed E-state index contributed by atoms with van der Waals surface area (Å²) >= 11 is 7.61. The van der Waals surface area contributed by atoms with Gasteiger partial charge in [0.1, 0.15) is 0 Å². The highest BCUT2D eigenvalue weighted by Crippen LogP contribution is 2.81. The van der Waals surface area contributed by atoms with Crippen molar-refractivity contribution in [3.05, 3.63) is 48.5 Å². The summed E-state index contributed by atoms with van der Waals surface area (Å²) in [5.41, 5.74) is 0.0932. The fourth-order valence-electron chi connectivity index (χ4n) is 8.97. The quantitative estimate of drug-likeness (QED) is 0.303. The smallest absolute Gasteiger partial charge is 0.232 e. The Kier molecular flexibility index (Phi) is 6.22. The van der Waals surface area contributed by atoms with Gasteiger partial charge in [-0.05, 0) is 95.9 Å². The van der Waals surface area contributed by atoms with Gasteiger partial charge in [-0.15, -0.1) is 0 Å². The lowest BCUT2D eigenvalue weighted by atomic mass is 9.43. The number of hydrogen-bond acceptors (Lipinski definition) is 4. The molecule has 9 heteroatoms. The Balaban J connectivity index is 1.14. The van der Waals surface area contributed by atoms with Gasteiger partial charge in [0.15, 0.2) is 0 Å². The summed E-state index contributed by atoms with van der Waals surface area (Å²) in [6, 6.07) is 12.7. The maximum Gasteiger partial charge on any atom is 0.232 e. The molecule has 2 amide bonds. The van der Waals surface area contributed by atoms with Crippen LogP contribution in [0, 0.1) is 32.5 Å². The standard InChI is InChI=1S/C32H38Br2N2O4S/c1-27(2)29(5)15-17-31(27,23(29)33)25(37)35-19-7-11-21(12-8-19)41(39,40)22-13-9-20(10-14-22)36-26(38)32-18-16-30(6,24(32)34)28(32,3)4/h7-14,23-24H,15-18H2,1-6H3,(H,35,37)(H,36,38). The number of halogens is 2. The SMILES string of the molecule is CC12CCC(C(=O)Nc3ccc(S(=O)(=O)c4ccc(NC(=O)C56CCC(C)(C5Br)C6(C)C)cc4)cc3)(C1Br)C2(C)C. The van der Waals surface area contributed by atoms with E-state index in [1.807, 2.05) is 0 Å². The van der Waals surface area contributed by atoms with Crippen LogP contribution in [0.2, 0.25) is 0 Å². The Morgan fingerprint density at radius 3 is 1.20 bits per heavy atom. The van der Waals surface area contributed by atoms with E-state index in [9.17, 15) is 18.0 Å². The molecule has 220 valence electrons. The van der Waals surface area contributed by atoms with Gasteiger partial charge in [0.2, 0.25) is 21.7 Å². The van der Waals surface area contributed by atoms with Crippen LogP contribution in [-0.4, -0.2) is 29.9 Å². The fraction of sp³-hybridized carbons (Fsp3) is 0.562. The number of amides is 2. The van der Waals surface area contributed by atoms with Crippen LogP contribution in [0.5, 0.6) is 0 Å². The Morgan fingerprint density at radius 1 is 0.634 bits per heavy atom. The summed E-state index contributed by atoms with van der Waals surface area (Å²) < 4.78 is 26.7. The molecular formula is C32H38Br2N2O4S. The number of sulfone groups is 1. The van der Waals surface area contributed by atoms with Gasteiger partial charge < -0.3 is 10.6 Å². The zero-order valence-electron chi connectivity index (χ0n) is 24.4. The molecule has 2 N–H and O–H groups in total. The van der Waals surface area contributed by atoms with E-state index in [4.69, 9.17) is 0 Å². The molecule has 8 rings (SSSR count). The summed E-state index contributed by atoms with van der Waals surface area (Å²) in [5.74, 6) is -0.0447. The first-order chi connectivity index (χ1) is 18.9. The second-order valence-corrected chi connectivity index (χ2v) is 18.0. The van der Waals surface area contributed by atoms with Gasteiger partial charge in [-0.3, -0.25) is 9.59 Å². The van der Waals surface area contributed by atoms with Crippen molar-refractivity contribution in [2.24, 2.45) is 32.5 Å². The Hall–Kier alpha value is -1.71. The minimum atomic E-state index is -3.78. The highest BCUT2D eigenvalue weighted by atomic mass is 79.9. The molecule has 6 fully saturated rings. The molecule has 4 bridgehead atoms. The van der Waals surface area contributed by atoms with Gasteiger partial charge in [-0.25, -0.2) is 8.42 Å². The van der Waals surface area contributed by atoms with E-state index >= 15 is 0 Å². The van der Waals surface area contributed by atoms with Crippen LogP contribution < -0.4 is 10.6 Å². The van der Waals surface area contributed by atoms with Crippen LogP contribution in [0.25, 0.3) is 0 Å². The Morgan fingerprint density at radius 2 is 0.951 bits per heavy atom. The number of alkyl halides is 2. The van der Waals surface area contributed by atoms with Crippen molar-refractivity contribution in [1.82, 2.24) is 0 Å². The second-order valence-electron chi connectivity index (χ2n) is 14.2. The molecule has 6 aliphatic carbocycles. The summed E-state index contributed by atoms with van der Waals surface area (Å²) in [6.45, 7) is 13.1. The molecule has 0 radical (unpaired) electrons. The summed E-state index contributed by atoms with van der Waals surface area (Å²) in [7, 11) is -3.78. The van der Waals surface area contributed by atoms with E-state index in [0.29, 0.717) is 11.4 Å². The van der Waals surface area contributed by atoms with E-state index in [1.54, 1.807) is 24.3 Å². The number of hydrogen-bond donors (Lipinski definition) is 2. The van der Waals surface area contributed by atoms with Crippen LogP contribution >= 0.6 is 31.9 Å². The van der Waals surface area contributed by atoms with Gasteiger partial charge in [0, 0.05) is 21.0 Å². The van der Waals surface area contributed by atoms with Gasteiger partial charge in [0.25, 0.3) is 0 Å². The molecule has 0 aromatic heterocycles. The topological polar surface area (TPSA) is 92.3 Å². The number of rotatable bonds is 6. The van der Waals surface area contributed by atoms with Crippen molar-refractivity contribution in [2.75, 3.05) is 10.6 Å². The van der Waals surface area contributed by atoms with Crippen molar-refractivity contribution >= 4 is 64.9 Å². The van der Waals surface area contributed by atoms with Crippen molar-refractivity contribution in [1.29, 1.82) is 0 Å². The van der Waals surface area contributed by atoms with Gasteiger partial charge in [-0.1, -0.05) is 73.4 Å². The van der Waals surface area contributed by atoms with Crippen molar-refractivity contribution in [2.45, 2.75) is 86.7 Å². The summed E-state index contributed by atoms with van der Waals surface area (Å²) in [6.07, 6.45) is 3.66. The average Bonchev–Trinajstić information content (AvgIpc) is 3.54. The number of nitrogens with one attached hydrogen (secondary N) is 2. The van der Waals surface area contributed by atoms with Crippen molar-refractivity contribution in [3.8, 4) is 0 Å². The first-order valence-electron chi connectivity index (χ1n) is 14.3. The number of fused-ring (bicyclic) bond motifs is 2. The van der Waals surface area contributed by atoms with Gasteiger partial charge in [0.05, 0.1) is 20.6 Å². The lowest BCUT2D eigenvalue weighted by molar-refractivity contribution is -0.156. The summed E-state index contributed by atoms with van der Waals surface area (Å²) in [5, 5.41) is 6.09. The predicted molar refractivity (Wildman–Crippen MR) is 168 cm³/mol. The number of carbonyl (C=O) groups excluding carboxylic acids is 2. The second kappa shape index (κ2) is 8.69. The largest absolute Gasteiger partial charge is 0.326 e. The van der Waals surface area contributed by atoms with Crippen LogP contribution in [0.4, 0.5) is 11.4 Å². The maximum absolute atomic E-state index is 13.4. The molecule has 2 aromatic rings. The zero-order chi connectivity index (χ0) is 30.0. The molecule has 41 heavy (non-hydrogen) atoms. The average molecular weight is 707 g/mol. The molecule has 6 nitrogen and oxygen atoms in total. The monoisotopic (exact) mass is 704 g/mol. The molecule has 0 heterocycles. The Bertz CT molecular complexity index is 1460. The molecular weight excluding hydrogens is 668 g/mol. The predicted octanol–water partition coefficient (Wildman–Crippen LogP) is 7.58. The lowest BCUT2D eigenvalue weighted by Crippen LogP contribution is -2.68. The van der Waals surface area contributed by atoms with E-state index < -0.39 is 20.7 Å². The molecule has 6 atom stereocenters. The molecule has 0 saturated heterocycles. The highest BCUT2D eigenvalue weighted by molar-refractivity contribution is 9.09.